The van der Waals surface area contributed by atoms with Crippen LogP contribution >= 0.6 is 0 Å². The van der Waals surface area contributed by atoms with Crippen LogP contribution in [0.1, 0.15) is 5.56 Å². The summed E-state index contributed by atoms with van der Waals surface area (Å²) in [7, 11) is 3.05. The molecule has 0 aliphatic rings. The van der Waals surface area contributed by atoms with E-state index >= 15 is 0 Å². The second-order valence-electron chi connectivity index (χ2n) is 3.27. The number of nitriles is 1. The van der Waals surface area contributed by atoms with Crippen molar-refractivity contribution in [2.75, 3.05) is 14.2 Å². The van der Waals surface area contributed by atoms with Crippen molar-refractivity contribution in [3.05, 3.63) is 36.7 Å². The quantitative estimate of drug-likeness (QED) is 0.587. The number of pyridine rings is 1. The third kappa shape index (κ3) is 3.19. The second kappa shape index (κ2) is 6.21. The van der Waals surface area contributed by atoms with Crippen molar-refractivity contribution >= 4 is 11.8 Å². The lowest BCUT2D eigenvalue weighted by Gasteiger charge is -2.09. The standard InChI is InChI=1S/C13H13N3O2/c1-9(7-15-10(2)6-14)11-5-13(18-4)16-8-12(11)17-3/h5,7-8H,1-2H2,3-4H3. The first-order valence-electron chi connectivity index (χ1n) is 5.02. The predicted molar refractivity (Wildman–Crippen MR) is 69.6 cm³/mol. The topological polar surface area (TPSA) is 67.5 Å². The molecule has 0 saturated carbocycles. The molecule has 5 nitrogen and oxygen atoms in total. The average Bonchev–Trinajstić information content (AvgIpc) is 2.43. The summed E-state index contributed by atoms with van der Waals surface area (Å²) in [5.74, 6) is 0.995. The van der Waals surface area contributed by atoms with E-state index in [-0.39, 0.29) is 5.70 Å². The lowest BCUT2D eigenvalue weighted by molar-refractivity contribution is 0.387. The summed E-state index contributed by atoms with van der Waals surface area (Å²) in [6, 6.07) is 3.50. The van der Waals surface area contributed by atoms with E-state index in [9.17, 15) is 0 Å². The highest BCUT2D eigenvalue weighted by Crippen LogP contribution is 2.26. The molecule has 5 heteroatoms. The molecule has 0 aliphatic carbocycles. The minimum atomic E-state index is 0.108. The van der Waals surface area contributed by atoms with Crippen molar-refractivity contribution in [3.8, 4) is 17.7 Å². The van der Waals surface area contributed by atoms with Crippen LogP contribution in [0.25, 0.3) is 5.57 Å². The van der Waals surface area contributed by atoms with Gasteiger partial charge < -0.3 is 9.47 Å². The number of aliphatic imine (C=N–C) groups is 1. The summed E-state index contributed by atoms with van der Waals surface area (Å²) in [6.45, 7) is 7.30. The van der Waals surface area contributed by atoms with Crippen LogP contribution in [-0.2, 0) is 0 Å². The van der Waals surface area contributed by atoms with E-state index in [1.807, 2.05) is 6.07 Å². The number of aromatic nitrogens is 1. The van der Waals surface area contributed by atoms with Gasteiger partial charge in [0.15, 0.2) is 0 Å². The lowest BCUT2D eigenvalue weighted by Crippen LogP contribution is -1.96. The van der Waals surface area contributed by atoms with Crippen LogP contribution in [-0.4, -0.2) is 25.4 Å². The zero-order chi connectivity index (χ0) is 13.5. The van der Waals surface area contributed by atoms with Crippen LogP contribution in [0, 0.1) is 11.3 Å². The SMILES string of the molecule is C=C(C#N)N=CC(=C)c1cc(OC)ncc1OC. The molecular formula is C13H13N3O2. The van der Waals surface area contributed by atoms with Crippen LogP contribution in [0.15, 0.2) is 36.1 Å². The highest BCUT2D eigenvalue weighted by Gasteiger charge is 2.08. The molecule has 0 bridgehead atoms. The number of allylic oxidation sites excluding steroid dienone is 2. The fraction of sp³-hybridized carbons (Fsp3) is 0.154. The van der Waals surface area contributed by atoms with E-state index in [0.29, 0.717) is 22.8 Å². The van der Waals surface area contributed by atoms with E-state index in [2.05, 4.69) is 23.1 Å². The van der Waals surface area contributed by atoms with Gasteiger partial charge in [0, 0.05) is 17.8 Å². The van der Waals surface area contributed by atoms with Gasteiger partial charge in [-0.2, -0.15) is 5.26 Å². The van der Waals surface area contributed by atoms with Crippen molar-refractivity contribution in [1.82, 2.24) is 4.98 Å². The van der Waals surface area contributed by atoms with Crippen molar-refractivity contribution in [2.24, 2.45) is 4.99 Å². The smallest absolute Gasteiger partial charge is 0.213 e. The van der Waals surface area contributed by atoms with E-state index < -0.39 is 0 Å². The van der Waals surface area contributed by atoms with E-state index in [1.54, 1.807) is 6.07 Å². The van der Waals surface area contributed by atoms with Gasteiger partial charge in [0.05, 0.1) is 20.4 Å². The molecule has 0 N–H and O–H groups in total. The summed E-state index contributed by atoms with van der Waals surface area (Å²) >= 11 is 0. The molecule has 1 aromatic rings. The van der Waals surface area contributed by atoms with E-state index in [0.717, 1.165) is 0 Å². The Morgan fingerprint density at radius 3 is 2.72 bits per heavy atom. The first kappa shape index (κ1) is 13.5. The Bertz CT molecular complexity index is 542. The number of ether oxygens (including phenoxy) is 2. The molecule has 0 fully saturated rings. The maximum absolute atomic E-state index is 8.55. The van der Waals surface area contributed by atoms with E-state index in [4.69, 9.17) is 14.7 Å². The summed E-state index contributed by atoms with van der Waals surface area (Å²) in [6.07, 6.45) is 2.98. The van der Waals surface area contributed by atoms with Gasteiger partial charge >= 0.3 is 0 Å². The van der Waals surface area contributed by atoms with Crippen molar-refractivity contribution in [2.45, 2.75) is 0 Å². The molecule has 18 heavy (non-hydrogen) atoms. The molecule has 0 radical (unpaired) electrons. The first-order valence-corrected chi connectivity index (χ1v) is 5.02. The number of hydrogen-bond donors (Lipinski definition) is 0. The van der Waals surface area contributed by atoms with Crippen LogP contribution in [0.3, 0.4) is 0 Å². The Morgan fingerprint density at radius 1 is 1.44 bits per heavy atom. The van der Waals surface area contributed by atoms with Crippen LogP contribution in [0.4, 0.5) is 0 Å². The maximum Gasteiger partial charge on any atom is 0.213 e. The molecule has 92 valence electrons. The largest absolute Gasteiger partial charge is 0.494 e. The van der Waals surface area contributed by atoms with Gasteiger partial charge in [0.25, 0.3) is 0 Å². The molecule has 0 atom stereocenters. The number of hydrogen-bond acceptors (Lipinski definition) is 5. The summed E-state index contributed by atoms with van der Waals surface area (Å²) < 4.78 is 10.2. The molecule has 0 saturated heterocycles. The Kier molecular flexibility index (Phi) is 4.64. The van der Waals surface area contributed by atoms with Crippen LogP contribution < -0.4 is 9.47 Å². The zero-order valence-electron chi connectivity index (χ0n) is 10.3. The predicted octanol–water partition coefficient (Wildman–Crippen LogP) is 2.22. The summed E-state index contributed by atoms with van der Waals surface area (Å²) in [5, 5.41) is 8.55. The minimum absolute atomic E-state index is 0.108. The Balaban J connectivity index is 3.07. The minimum Gasteiger partial charge on any atom is -0.494 e. The molecule has 0 amide bonds. The number of nitrogens with zero attached hydrogens (tertiary/aromatic N) is 3. The number of rotatable bonds is 5. The second-order valence-corrected chi connectivity index (χ2v) is 3.27. The summed E-state index contributed by atoms with van der Waals surface area (Å²) in [5.41, 5.74) is 1.37. The molecule has 0 unspecified atom stereocenters. The maximum atomic E-state index is 8.55. The molecule has 0 aromatic carbocycles. The van der Waals surface area contributed by atoms with Crippen molar-refractivity contribution in [1.29, 1.82) is 5.26 Å². The van der Waals surface area contributed by atoms with E-state index in [1.165, 1.54) is 26.6 Å². The molecule has 0 spiro atoms. The average molecular weight is 243 g/mol. The van der Waals surface area contributed by atoms with Gasteiger partial charge in [-0.15, -0.1) is 0 Å². The summed E-state index contributed by atoms with van der Waals surface area (Å²) in [4.78, 5) is 7.87. The molecular weight excluding hydrogens is 230 g/mol. The first-order chi connectivity index (χ1) is 8.62. The van der Waals surface area contributed by atoms with Crippen molar-refractivity contribution in [3.63, 3.8) is 0 Å². The molecule has 0 aliphatic heterocycles. The third-order valence-corrected chi connectivity index (χ3v) is 2.12. The molecule has 1 rings (SSSR count). The van der Waals surface area contributed by atoms with Crippen LogP contribution in [0.2, 0.25) is 0 Å². The fourth-order valence-corrected chi connectivity index (χ4v) is 1.20. The Labute approximate surface area is 106 Å². The van der Waals surface area contributed by atoms with Gasteiger partial charge in [0.2, 0.25) is 5.88 Å². The number of methoxy groups -OCH3 is 2. The van der Waals surface area contributed by atoms with Crippen molar-refractivity contribution < 1.29 is 9.47 Å². The molecule has 1 aromatic heterocycles. The van der Waals surface area contributed by atoms with Crippen LogP contribution in [0.5, 0.6) is 11.6 Å². The van der Waals surface area contributed by atoms with Gasteiger partial charge in [-0.05, 0) is 5.57 Å². The molecule has 1 heterocycles. The highest BCUT2D eigenvalue weighted by molar-refractivity contribution is 6.10. The van der Waals surface area contributed by atoms with Gasteiger partial charge in [-0.25, -0.2) is 9.98 Å². The highest BCUT2D eigenvalue weighted by atomic mass is 16.5. The monoisotopic (exact) mass is 243 g/mol. The van der Waals surface area contributed by atoms with Gasteiger partial charge in [-0.3, -0.25) is 0 Å². The van der Waals surface area contributed by atoms with Gasteiger partial charge in [0.1, 0.15) is 17.5 Å². The fourth-order valence-electron chi connectivity index (χ4n) is 1.20. The lowest BCUT2D eigenvalue weighted by atomic mass is 10.1. The van der Waals surface area contributed by atoms with Gasteiger partial charge in [-0.1, -0.05) is 13.2 Å². The normalized spacial score (nSPS) is 9.83. The Hall–Kier alpha value is -2.61. The zero-order valence-corrected chi connectivity index (χ0v) is 10.3. The Morgan fingerprint density at radius 2 is 2.17 bits per heavy atom. The third-order valence-electron chi connectivity index (χ3n) is 2.12.